The molecule has 0 bridgehead atoms. The second-order valence-corrected chi connectivity index (χ2v) is 6.19. The molecule has 5 nitrogen and oxygen atoms in total. The van der Waals surface area contributed by atoms with Gasteiger partial charge >= 0.3 is 6.03 Å². The number of ether oxygens (including phenoxy) is 2. The molecule has 1 aliphatic carbocycles. The number of hydrogen-bond donors (Lipinski definition) is 1. The number of urea groups is 1. The summed E-state index contributed by atoms with van der Waals surface area (Å²) in [5, 5.41) is 2.98. The maximum Gasteiger partial charge on any atom is 0.322 e. The monoisotopic (exact) mass is 304 g/mol. The first kappa shape index (κ1) is 15.2. The molecule has 2 aliphatic rings. The minimum Gasteiger partial charge on any atom is -0.491 e. The van der Waals surface area contributed by atoms with E-state index in [1.54, 1.807) is 0 Å². The zero-order chi connectivity index (χ0) is 15.5. The topological polar surface area (TPSA) is 50.8 Å². The molecule has 1 saturated heterocycles. The van der Waals surface area contributed by atoms with E-state index >= 15 is 0 Å². The Hall–Kier alpha value is -1.75. The van der Waals surface area contributed by atoms with E-state index in [9.17, 15) is 4.79 Å². The molecule has 120 valence electrons. The summed E-state index contributed by atoms with van der Waals surface area (Å²) in [7, 11) is 0. The first-order chi connectivity index (χ1) is 10.6. The molecule has 0 unspecified atom stereocenters. The van der Waals surface area contributed by atoms with Gasteiger partial charge in [0.1, 0.15) is 5.75 Å². The number of morpholine rings is 1. The number of para-hydroxylation sites is 2. The van der Waals surface area contributed by atoms with Crippen LogP contribution in [0, 0.1) is 5.92 Å². The highest BCUT2D eigenvalue weighted by molar-refractivity contribution is 5.91. The van der Waals surface area contributed by atoms with Crippen LogP contribution in [0.15, 0.2) is 24.3 Å². The molecule has 0 aromatic heterocycles. The van der Waals surface area contributed by atoms with Crippen molar-refractivity contribution in [2.75, 3.05) is 25.1 Å². The molecule has 22 heavy (non-hydrogen) atoms. The van der Waals surface area contributed by atoms with Gasteiger partial charge in [0.2, 0.25) is 0 Å². The van der Waals surface area contributed by atoms with Crippen LogP contribution in [0.5, 0.6) is 5.75 Å². The van der Waals surface area contributed by atoms with Crippen LogP contribution in [0.25, 0.3) is 0 Å². The lowest BCUT2D eigenvalue weighted by Gasteiger charge is -2.37. The fourth-order valence-corrected chi connectivity index (χ4v) is 2.59. The quantitative estimate of drug-likeness (QED) is 0.930. The molecule has 1 aromatic carbocycles. The Balaban J connectivity index is 1.65. The van der Waals surface area contributed by atoms with Gasteiger partial charge in [-0.25, -0.2) is 4.79 Å². The van der Waals surface area contributed by atoms with Crippen molar-refractivity contribution < 1.29 is 14.3 Å². The highest BCUT2D eigenvalue weighted by atomic mass is 16.5. The number of anilines is 1. The number of rotatable bonds is 4. The Morgan fingerprint density at radius 3 is 2.91 bits per heavy atom. The number of hydrogen-bond acceptors (Lipinski definition) is 3. The average molecular weight is 304 g/mol. The average Bonchev–Trinajstić information content (AvgIpc) is 3.33. The van der Waals surface area contributed by atoms with Crippen molar-refractivity contribution in [1.29, 1.82) is 0 Å². The summed E-state index contributed by atoms with van der Waals surface area (Å²) >= 11 is 0. The lowest BCUT2D eigenvalue weighted by molar-refractivity contribution is -0.0355. The standard InChI is InChI=1S/C17H24N2O3/c1-12-13(2)21-10-9-19(12)17(20)18-15-5-3-4-6-16(15)22-11-14-7-8-14/h3-6,12-14H,7-11H2,1-2H3,(H,18,20)/t12-,13+/m0/s1. The van der Waals surface area contributed by atoms with Crippen LogP contribution in [-0.4, -0.2) is 42.8 Å². The molecule has 2 atom stereocenters. The Kier molecular flexibility index (Phi) is 4.52. The molecule has 2 amide bonds. The van der Waals surface area contributed by atoms with Crippen LogP contribution >= 0.6 is 0 Å². The van der Waals surface area contributed by atoms with E-state index < -0.39 is 0 Å². The first-order valence-corrected chi connectivity index (χ1v) is 8.06. The van der Waals surface area contributed by atoms with Crippen molar-refractivity contribution in [3.8, 4) is 5.75 Å². The van der Waals surface area contributed by atoms with Crippen LogP contribution in [0.2, 0.25) is 0 Å². The lowest BCUT2D eigenvalue weighted by atomic mass is 10.1. The zero-order valence-electron chi connectivity index (χ0n) is 13.2. The van der Waals surface area contributed by atoms with Crippen LogP contribution in [0.4, 0.5) is 10.5 Å². The SMILES string of the molecule is C[C@H]1OCCN(C(=O)Nc2ccccc2OCC2CC2)[C@H]1C. The van der Waals surface area contributed by atoms with Gasteiger partial charge in [0.05, 0.1) is 31.0 Å². The van der Waals surface area contributed by atoms with Gasteiger partial charge in [-0.2, -0.15) is 0 Å². The van der Waals surface area contributed by atoms with Gasteiger partial charge in [-0.05, 0) is 44.7 Å². The fraction of sp³-hybridized carbons (Fsp3) is 0.588. The van der Waals surface area contributed by atoms with Crippen molar-refractivity contribution >= 4 is 11.7 Å². The van der Waals surface area contributed by atoms with E-state index in [1.807, 2.05) is 43.0 Å². The van der Waals surface area contributed by atoms with E-state index in [4.69, 9.17) is 9.47 Å². The van der Waals surface area contributed by atoms with Crippen molar-refractivity contribution in [3.05, 3.63) is 24.3 Å². The van der Waals surface area contributed by atoms with Gasteiger partial charge in [0.25, 0.3) is 0 Å². The Morgan fingerprint density at radius 2 is 2.14 bits per heavy atom. The third kappa shape index (κ3) is 3.53. The van der Waals surface area contributed by atoms with Crippen molar-refractivity contribution in [3.63, 3.8) is 0 Å². The van der Waals surface area contributed by atoms with E-state index in [0.29, 0.717) is 19.1 Å². The predicted octanol–water partition coefficient (Wildman–Crippen LogP) is 3.12. The lowest BCUT2D eigenvalue weighted by Crippen LogP contribution is -2.52. The molecule has 1 aromatic rings. The van der Waals surface area contributed by atoms with Crippen LogP contribution in [0.1, 0.15) is 26.7 Å². The summed E-state index contributed by atoms with van der Waals surface area (Å²) in [6.45, 7) is 5.94. The maximum atomic E-state index is 12.5. The minimum absolute atomic E-state index is 0.0564. The third-order valence-electron chi connectivity index (χ3n) is 4.44. The van der Waals surface area contributed by atoms with Gasteiger partial charge in [-0.15, -0.1) is 0 Å². The summed E-state index contributed by atoms with van der Waals surface area (Å²) in [4.78, 5) is 14.4. The number of nitrogens with zero attached hydrogens (tertiary/aromatic N) is 1. The van der Waals surface area contributed by atoms with Gasteiger partial charge < -0.3 is 19.7 Å². The molecule has 2 fully saturated rings. The summed E-state index contributed by atoms with van der Waals surface area (Å²) in [5.41, 5.74) is 0.736. The van der Waals surface area contributed by atoms with Crippen LogP contribution in [0.3, 0.4) is 0 Å². The van der Waals surface area contributed by atoms with Gasteiger partial charge in [-0.1, -0.05) is 12.1 Å². The van der Waals surface area contributed by atoms with E-state index in [0.717, 1.165) is 18.0 Å². The van der Waals surface area contributed by atoms with Crippen molar-refractivity contribution in [1.82, 2.24) is 4.90 Å². The molecule has 0 radical (unpaired) electrons. The van der Waals surface area contributed by atoms with Gasteiger partial charge in [0.15, 0.2) is 0 Å². The minimum atomic E-state index is -0.0925. The van der Waals surface area contributed by atoms with Crippen LogP contribution < -0.4 is 10.1 Å². The zero-order valence-corrected chi connectivity index (χ0v) is 13.2. The number of carbonyl (C=O) groups is 1. The molecule has 1 saturated carbocycles. The van der Waals surface area contributed by atoms with E-state index in [2.05, 4.69) is 5.32 Å². The van der Waals surface area contributed by atoms with E-state index in [-0.39, 0.29) is 18.2 Å². The molecule has 3 rings (SSSR count). The van der Waals surface area contributed by atoms with Crippen molar-refractivity contribution in [2.45, 2.75) is 38.8 Å². The highest BCUT2D eigenvalue weighted by Gasteiger charge is 2.29. The summed E-state index contributed by atoms with van der Waals surface area (Å²) in [6.07, 6.45) is 2.55. The smallest absolute Gasteiger partial charge is 0.322 e. The molecule has 5 heteroatoms. The number of amides is 2. The summed E-state index contributed by atoms with van der Waals surface area (Å²) in [5.74, 6) is 1.43. The Morgan fingerprint density at radius 1 is 1.36 bits per heavy atom. The summed E-state index contributed by atoms with van der Waals surface area (Å²) in [6, 6.07) is 7.60. The van der Waals surface area contributed by atoms with E-state index in [1.165, 1.54) is 12.8 Å². The third-order valence-corrected chi connectivity index (χ3v) is 4.44. The maximum absolute atomic E-state index is 12.5. The molecular formula is C17H24N2O3. The Labute approximate surface area is 131 Å². The number of nitrogens with one attached hydrogen (secondary N) is 1. The molecule has 1 N–H and O–H groups in total. The van der Waals surface area contributed by atoms with Crippen LogP contribution in [-0.2, 0) is 4.74 Å². The molecular weight excluding hydrogens is 280 g/mol. The second kappa shape index (κ2) is 6.57. The summed E-state index contributed by atoms with van der Waals surface area (Å²) < 4.78 is 11.4. The van der Waals surface area contributed by atoms with Gasteiger partial charge in [-0.3, -0.25) is 0 Å². The molecule has 1 aliphatic heterocycles. The van der Waals surface area contributed by atoms with Crippen molar-refractivity contribution in [2.24, 2.45) is 5.92 Å². The fourth-order valence-electron chi connectivity index (χ4n) is 2.59. The molecule has 0 spiro atoms. The highest BCUT2D eigenvalue weighted by Crippen LogP contribution is 2.32. The first-order valence-electron chi connectivity index (χ1n) is 8.06. The Bertz CT molecular complexity index is 530. The second-order valence-electron chi connectivity index (χ2n) is 6.19. The predicted molar refractivity (Wildman–Crippen MR) is 85.3 cm³/mol. The van der Waals surface area contributed by atoms with Gasteiger partial charge in [0, 0.05) is 6.54 Å². The normalized spacial score (nSPS) is 24.9. The largest absolute Gasteiger partial charge is 0.491 e. The number of benzene rings is 1. The number of carbonyl (C=O) groups excluding carboxylic acids is 1. The molecule has 1 heterocycles.